The minimum atomic E-state index is -0.900. The summed E-state index contributed by atoms with van der Waals surface area (Å²) < 4.78 is 0. The topological polar surface area (TPSA) is 54.4 Å². The van der Waals surface area contributed by atoms with Crippen LogP contribution in [0.3, 0.4) is 0 Å². The molecule has 4 aliphatic rings. The first-order valence-corrected chi connectivity index (χ1v) is 9.85. The van der Waals surface area contributed by atoms with Gasteiger partial charge in [0.05, 0.1) is 0 Å². The molecule has 0 unspecified atom stereocenters. The second kappa shape index (κ2) is 6.07. The zero-order chi connectivity index (χ0) is 18.6. The predicted octanol–water partition coefficient (Wildman–Crippen LogP) is 4.72. The highest BCUT2D eigenvalue weighted by molar-refractivity contribution is 5.91. The van der Waals surface area contributed by atoms with Crippen molar-refractivity contribution in [1.29, 1.82) is 0 Å². The van der Waals surface area contributed by atoms with E-state index in [-0.39, 0.29) is 11.3 Å². The normalized spacial score (nSPS) is 42.3. The van der Waals surface area contributed by atoms with E-state index in [1.54, 1.807) is 0 Å². The maximum Gasteiger partial charge on any atom is 0.327 e. The van der Waals surface area contributed by atoms with Gasteiger partial charge in [0.25, 0.3) is 0 Å². The molecule has 4 aliphatic carbocycles. The Morgan fingerprint density at radius 1 is 1.19 bits per heavy atom. The molecule has 3 nitrogen and oxygen atoms in total. The lowest BCUT2D eigenvalue weighted by atomic mass is 9.51. The van der Waals surface area contributed by atoms with Crippen LogP contribution >= 0.6 is 0 Å². The molecule has 0 aromatic rings. The molecule has 0 aromatic heterocycles. The van der Waals surface area contributed by atoms with Crippen molar-refractivity contribution in [2.75, 3.05) is 0 Å². The Morgan fingerprint density at radius 2 is 1.96 bits per heavy atom. The molecule has 0 spiro atoms. The molecule has 4 rings (SSSR count). The van der Waals surface area contributed by atoms with Crippen LogP contribution in [0.4, 0.5) is 0 Å². The summed E-state index contributed by atoms with van der Waals surface area (Å²) in [7, 11) is 0. The van der Waals surface area contributed by atoms with Gasteiger partial charge in [-0.25, -0.2) is 4.79 Å². The maximum absolute atomic E-state index is 11.8. The van der Waals surface area contributed by atoms with Gasteiger partial charge in [0, 0.05) is 18.4 Å². The van der Waals surface area contributed by atoms with Gasteiger partial charge in [-0.2, -0.15) is 0 Å². The number of rotatable bonds is 2. The molecule has 0 aliphatic heterocycles. The summed E-state index contributed by atoms with van der Waals surface area (Å²) in [6.07, 6.45) is 11.1. The summed E-state index contributed by atoms with van der Waals surface area (Å²) in [5, 5.41) is 9.07. The molecule has 6 atom stereocenters. The zero-order valence-corrected chi connectivity index (χ0v) is 15.5. The lowest BCUT2D eigenvalue weighted by molar-refractivity contribution is -0.131. The minimum absolute atomic E-state index is 0.0208. The van der Waals surface area contributed by atoms with E-state index in [0.29, 0.717) is 35.9 Å². The summed E-state index contributed by atoms with van der Waals surface area (Å²) in [6.45, 7) is 11.0. The first-order valence-electron chi connectivity index (χ1n) is 9.85. The maximum atomic E-state index is 11.8. The van der Waals surface area contributed by atoms with Crippen molar-refractivity contribution in [3.63, 3.8) is 0 Å². The van der Waals surface area contributed by atoms with Crippen LogP contribution in [0.2, 0.25) is 0 Å². The van der Waals surface area contributed by atoms with Crippen molar-refractivity contribution >= 4 is 11.8 Å². The highest BCUT2D eigenvalue weighted by Crippen LogP contribution is 2.66. The zero-order valence-electron chi connectivity index (χ0n) is 15.5. The quantitative estimate of drug-likeness (QED) is 0.732. The van der Waals surface area contributed by atoms with Crippen molar-refractivity contribution in [1.82, 2.24) is 0 Å². The molecule has 3 heteroatoms. The molecular weight excluding hydrogens is 324 g/mol. The number of carboxylic acids is 1. The van der Waals surface area contributed by atoms with Crippen molar-refractivity contribution in [2.24, 2.45) is 35.0 Å². The van der Waals surface area contributed by atoms with Crippen molar-refractivity contribution in [2.45, 2.75) is 45.4 Å². The van der Waals surface area contributed by atoms with Crippen LogP contribution < -0.4 is 0 Å². The molecule has 0 amide bonds. The second-order valence-electron chi connectivity index (χ2n) is 8.94. The van der Waals surface area contributed by atoms with Gasteiger partial charge in [-0.3, -0.25) is 4.79 Å². The van der Waals surface area contributed by atoms with Gasteiger partial charge in [0.15, 0.2) is 5.78 Å². The van der Waals surface area contributed by atoms with E-state index >= 15 is 0 Å². The SMILES string of the molecule is C=C1C(=C)[C@H]2[C@@H]3CCC4=CC(=O)CC[C@@H]4[C@H]3CC[C@]2(C)[C@@H]1/C=C\C(=O)O. The van der Waals surface area contributed by atoms with E-state index in [4.69, 9.17) is 5.11 Å². The number of allylic oxidation sites excluding steroid dienone is 4. The Balaban J connectivity index is 1.67. The smallest absolute Gasteiger partial charge is 0.327 e. The predicted molar refractivity (Wildman–Crippen MR) is 101 cm³/mol. The van der Waals surface area contributed by atoms with Gasteiger partial charge >= 0.3 is 5.97 Å². The Hall–Kier alpha value is -1.90. The van der Waals surface area contributed by atoms with Crippen LogP contribution in [0, 0.1) is 35.0 Å². The van der Waals surface area contributed by atoms with Crippen molar-refractivity contribution in [3.05, 3.63) is 48.1 Å². The van der Waals surface area contributed by atoms with Crippen LogP contribution in [-0.4, -0.2) is 16.9 Å². The van der Waals surface area contributed by atoms with Gasteiger partial charge in [-0.05, 0) is 78.4 Å². The monoisotopic (exact) mass is 352 g/mol. The Morgan fingerprint density at radius 3 is 2.69 bits per heavy atom. The summed E-state index contributed by atoms with van der Waals surface area (Å²) in [5.41, 5.74) is 3.57. The molecular formula is C23H28O3. The van der Waals surface area contributed by atoms with E-state index in [0.717, 1.165) is 43.3 Å². The summed E-state index contributed by atoms with van der Waals surface area (Å²) >= 11 is 0. The fourth-order valence-corrected chi connectivity index (χ4v) is 6.73. The van der Waals surface area contributed by atoms with Crippen LogP contribution in [0.15, 0.2) is 48.1 Å². The van der Waals surface area contributed by atoms with Gasteiger partial charge in [0.1, 0.15) is 0 Å². The fourth-order valence-electron chi connectivity index (χ4n) is 6.73. The largest absolute Gasteiger partial charge is 0.478 e. The minimum Gasteiger partial charge on any atom is -0.478 e. The molecule has 0 aromatic carbocycles. The third kappa shape index (κ3) is 2.47. The van der Waals surface area contributed by atoms with E-state index in [1.807, 2.05) is 12.2 Å². The molecule has 0 saturated heterocycles. The van der Waals surface area contributed by atoms with Crippen LogP contribution in [0.25, 0.3) is 0 Å². The third-order valence-corrected chi connectivity index (χ3v) is 7.82. The number of aliphatic carboxylic acids is 1. The highest BCUT2D eigenvalue weighted by Gasteiger charge is 2.58. The summed E-state index contributed by atoms with van der Waals surface area (Å²) in [6, 6.07) is 0. The van der Waals surface area contributed by atoms with Crippen molar-refractivity contribution in [3.8, 4) is 0 Å². The Bertz CT molecular complexity index is 755. The van der Waals surface area contributed by atoms with Crippen LogP contribution in [0.1, 0.15) is 45.4 Å². The van der Waals surface area contributed by atoms with Gasteiger partial charge in [0.2, 0.25) is 0 Å². The third-order valence-electron chi connectivity index (χ3n) is 7.82. The standard InChI is InChI=1S/C23H28O3/c1-13-14(2)22-19-6-4-15-12-16(24)5-7-17(15)18(19)10-11-23(22,3)20(13)8-9-21(25)26/h8-9,12,17-20,22H,1-2,4-7,10-11H2,3H3,(H,25,26)/b9-8-/t17-,18+,19+,20+,22-,23+/m0/s1. The van der Waals surface area contributed by atoms with Gasteiger partial charge in [-0.15, -0.1) is 0 Å². The molecule has 3 saturated carbocycles. The summed E-state index contributed by atoms with van der Waals surface area (Å²) in [5.74, 6) is 1.63. The Labute approximate surface area is 155 Å². The number of carbonyl (C=O) groups is 2. The molecule has 0 bridgehead atoms. The number of carboxylic acid groups (broad SMARTS) is 1. The van der Waals surface area contributed by atoms with E-state index < -0.39 is 5.97 Å². The lowest BCUT2D eigenvalue weighted by Crippen LogP contribution is -2.46. The van der Waals surface area contributed by atoms with Gasteiger partial charge in [-0.1, -0.05) is 31.7 Å². The average Bonchev–Trinajstić information content (AvgIpc) is 2.79. The lowest BCUT2D eigenvalue weighted by Gasteiger charge is -2.53. The fraction of sp³-hybridized carbons (Fsp3) is 0.565. The molecule has 138 valence electrons. The molecule has 0 heterocycles. The number of fused-ring (bicyclic) bond motifs is 5. The van der Waals surface area contributed by atoms with Crippen molar-refractivity contribution < 1.29 is 14.7 Å². The highest BCUT2D eigenvalue weighted by atomic mass is 16.4. The van der Waals surface area contributed by atoms with Crippen LogP contribution in [-0.2, 0) is 9.59 Å². The second-order valence-corrected chi connectivity index (χ2v) is 8.94. The number of ketones is 1. The Kier molecular flexibility index (Phi) is 4.09. The van der Waals surface area contributed by atoms with Gasteiger partial charge < -0.3 is 5.11 Å². The van der Waals surface area contributed by atoms with E-state index in [9.17, 15) is 9.59 Å². The molecule has 26 heavy (non-hydrogen) atoms. The van der Waals surface area contributed by atoms with E-state index in [1.165, 1.54) is 11.6 Å². The first-order chi connectivity index (χ1) is 12.3. The average molecular weight is 352 g/mol. The molecule has 1 N–H and O–H groups in total. The number of carbonyl (C=O) groups excluding carboxylic acids is 1. The molecule has 0 radical (unpaired) electrons. The first kappa shape index (κ1) is 17.5. The molecule has 3 fully saturated rings. The number of hydrogen-bond donors (Lipinski definition) is 1. The van der Waals surface area contributed by atoms with Crippen LogP contribution in [0.5, 0.6) is 0 Å². The summed E-state index contributed by atoms with van der Waals surface area (Å²) in [4.78, 5) is 22.9. The number of hydrogen-bond acceptors (Lipinski definition) is 2. The van der Waals surface area contributed by atoms with E-state index in [2.05, 4.69) is 20.1 Å².